The van der Waals surface area contributed by atoms with Crippen LogP contribution >= 0.6 is 11.6 Å². The smallest absolute Gasteiger partial charge is 0.269 e. The van der Waals surface area contributed by atoms with Crippen molar-refractivity contribution in [2.45, 2.75) is 12.1 Å². The van der Waals surface area contributed by atoms with Gasteiger partial charge in [-0.25, -0.2) is 9.96 Å². The van der Waals surface area contributed by atoms with Crippen molar-refractivity contribution in [1.29, 1.82) is 0 Å². The molecule has 2 heterocycles. The third-order valence-electron chi connectivity index (χ3n) is 5.66. The summed E-state index contributed by atoms with van der Waals surface area (Å²) < 4.78 is 0. The Bertz CT molecular complexity index is 1200. The molecule has 2 aliphatic heterocycles. The van der Waals surface area contributed by atoms with Gasteiger partial charge in [0.2, 0.25) is 5.91 Å². The molecule has 0 radical (unpaired) electrons. The SMILES string of the molecule is O=C1[C@@H]2[C@@H](ON(c3ccccc3)[C@H]2c2ccc(Cl)cc2)C(=O)N1c1ccc([N+](=O)[O-])cc1. The van der Waals surface area contributed by atoms with Crippen LogP contribution in [0.5, 0.6) is 0 Å². The zero-order chi connectivity index (χ0) is 22.4. The minimum absolute atomic E-state index is 0.126. The van der Waals surface area contributed by atoms with Crippen molar-refractivity contribution in [1.82, 2.24) is 0 Å². The first-order chi connectivity index (χ1) is 15.5. The van der Waals surface area contributed by atoms with Gasteiger partial charge in [0.15, 0.2) is 6.10 Å². The Labute approximate surface area is 187 Å². The van der Waals surface area contributed by atoms with Crippen molar-refractivity contribution >= 4 is 40.5 Å². The topological polar surface area (TPSA) is 93.0 Å². The van der Waals surface area contributed by atoms with E-state index in [-0.39, 0.29) is 11.4 Å². The summed E-state index contributed by atoms with van der Waals surface area (Å²) in [5.74, 6) is -1.72. The molecular weight excluding hydrogens is 434 g/mol. The fourth-order valence-electron chi connectivity index (χ4n) is 4.19. The maximum atomic E-state index is 13.5. The summed E-state index contributed by atoms with van der Waals surface area (Å²) in [7, 11) is 0. The Morgan fingerprint density at radius 2 is 1.50 bits per heavy atom. The van der Waals surface area contributed by atoms with E-state index in [9.17, 15) is 19.7 Å². The second kappa shape index (κ2) is 7.74. The Kier molecular flexibility index (Phi) is 4.88. The highest BCUT2D eigenvalue weighted by Crippen LogP contribution is 2.47. The Hall–Kier alpha value is -3.75. The quantitative estimate of drug-likeness (QED) is 0.335. The van der Waals surface area contributed by atoms with E-state index in [1.165, 1.54) is 24.3 Å². The molecular formula is C23H16ClN3O5. The molecule has 2 saturated heterocycles. The second-order valence-electron chi connectivity index (χ2n) is 7.49. The molecule has 160 valence electrons. The van der Waals surface area contributed by atoms with Crippen LogP contribution in [0.15, 0.2) is 78.9 Å². The van der Waals surface area contributed by atoms with Gasteiger partial charge in [0, 0.05) is 17.2 Å². The first-order valence-corrected chi connectivity index (χ1v) is 10.2. The molecule has 0 saturated carbocycles. The minimum atomic E-state index is -1.02. The van der Waals surface area contributed by atoms with E-state index in [1.54, 1.807) is 29.3 Å². The number of nitro benzene ring substituents is 1. The van der Waals surface area contributed by atoms with Crippen LogP contribution in [0.3, 0.4) is 0 Å². The van der Waals surface area contributed by atoms with E-state index < -0.39 is 34.8 Å². The molecule has 0 aliphatic carbocycles. The van der Waals surface area contributed by atoms with E-state index in [0.29, 0.717) is 10.7 Å². The zero-order valence-electron chi connectivity index (χ0n) is 16.5. The van der Waals surface area contributed by atoms with Crippen molar-refractivity contribution < 1.29 is 19.3 Å². The largest absolute Gasteiger partial charge is 0.273 e. The molecule has 8 nitrogen and oxygen atoms in total. The van der Waals surface area contributed by atoms with Gasteiger partial charge in [0.1, 0.15) is 5.92 Å². The lowest BCUT2D eigenvalue weighted by molar-refractivity contribution is -0.384. The monoisotopic (exact) mass is 449 g/mol. The maximum Gasteiger partial charge on any atom is 0.269 e. The molecule has 0 aromatic heterocycles. The number of nitro groups is 1. The van der Waals surface area contributed by atoms with Gasteiger partial charge < -0.3 is 0 Å². The summed E-state index contributed by atoms with van der Waals surface area (Å²) in [6, 6.07) is 21.0. The summed E-state index contributed by atoms with van der Waals surface area (Å²) in [6.07, 6.45) is -1.02. The molecule has 2 aliphatic rings. The fourth-order valence-corrected chi connectivity index (χ4v) is 4.32. The number of hydrogen-bond donors (Lipinski definition) is 0. The number of carbonyl (C=O) groups excluding carboxylic acids is 2. The molecule has 32 heavy (non-hydrogen) atoms. The average molecular weight is 450 g/mol. The Morgan fingerprint density at radius 1 is 0.844 bits per heavy atom. The van der Waals surface area contributed by atoms with E-state index in [4.69, 9.17) is 16.4 Å². The number of anilines is 2. The Balaban J connectivity index is 1.55. The van der Waals surface area contributed by atoms with Crippen molar-refractivity contribution in [3.63, 3.8) is 0 Å². The second-order valence-corrected chi connectivity index (χ2v) is 7.93. The number of rotatable bonds is 4. The standard InChI is InChI=1S/C23H16ClN3O5/c24-15-8-6-14(7-9-15)20-19-21(32-26(20)17-4-2-1-3-5-17)23(29)25(22(19)28)16-10-12-18(13-11-16)27(30)31/h1-13,19-21H/t19-,20-,21+/m0/s1. The van der Waals surface area contributed by atoms with Crippen LogP contribution in [0.1, 0.15) is 11.6 Å². The number of non-ortho nitro benzene ring substituents is 1. The summed E-state index contributed by atoms with van der Waals surface area (Å²) in [5, 5.41) is 13.1. The highest BCUT2D eigenvalue weighted by atomic mass is 35.5. The summed E-state index contributed by atoms with van der Waals surface area (Å²) in [4.78, 5) is 44.2. The van der Waals surface area contributed by atoms with Gasteiger partial charge >= 0.3 is 0 Å². The van der Waals surface area contributed by atoms with Crippen molar-refractivity contribution in [3.05, 3.63) is 99.6 Å². The van der Waals surface area contributed by atoms with E-state index in [1.807, 2.05) is 30.3 Å². The lowest BCUT2D eigenvalue weighted by Crippen LogP contribution is -2.37. The third kappa shape index (κ3) is 3.21. The van der Waals surface area contributed by atoms with E-state index >= 15 is 0 Å². The fraction of sp³-hybridized carbons (Fsp3) is 0.130. The zero-order valence-corrected chi connectivity index (χ0v) is 17.3. The molecule has 3 aromatic carbocycles. The number of amides is 2. The number of para-hydroxylation sites is 1. The van der Waals surface area contributed by atoms with Crippen molar-refractivity contribution in [3.8, 4) is 0 Å². The van der Waals surface area contributed by atoms with Gasteiger partial charge in [-0.3, -0.25) is 24.5 Å². The molecule has 3 atom stereocenters. The predicted molar refractivity (Wildman–Crippen MR) is 117 cm³/mol. The number of hydroxylamine groups is 1. The maximum absolute atomic E-state index is 13.5. The van der Waals surface area contributed by atoms with Gasteiger partial charge in [-0.1, -0.05) is 41.9 Å². The minimum Gasteiger partial charge on any atom is -0.273 e. The van der Waals surface area contributed by atoms with Crippen molar-refractivity contribution in [2.24, 2.45) is 5.92 Å². The van der Waals surface area contributed by atoms with Crippen molar-refractivity contribution in [2.75, 3.05) is 9.96 Å². The van der Waals surface area contributed by atoms with Gasteiger partial charge in [-0.15, -0.1) is 0 Å². The summed E-state index contributed by atoms with van der Waals surface area (Å²) in [5.41, 5.74) is 1.63. The van der Waals surface area contributed by atoms with Gasteiger partial charge in [0.25, 0.3) is 11.6 Å². The van der Waals surface area contributed by atoms with Crippen LogP contribution in [-0.2, 0) is 14.4 Å². The normalized spacial score (nSPS) is 22.3. The number of nitrogens with zero attached hydrogens (tertiary/aromatic N) is 3. The molecule has 0 N–H and O–H groups in total. The highest BCUT2D eigenvalue weighted by Gasteiger charge is 2.60. The van der Waals surface area contributed by atoms with Crippen LogP contribution in [-0.4, -0.2) is 22.8 Å². The van der Waals surface area contributed by atoms with Crippen LogP contribution in [0, 0.1) is 16.0 Å². The van der Waals surface area contributed by atoms with Crippen LogP contribution in [0.25, 0.3) is 0 Å². The van der Waals surface area contributed by atoms with Gasteiger partial charge in [0.05, 0.1) is 22.3 Å². The Morgan fingerprint density at radius 3 is 2.12 bits per heavy atom. The molecule has 0 bridgehead atoms. The number of hydrogen-bond acceptors (Lipinski definition) is 6. The molecule has 0 spiro atoms. The average Bonchev–Trinajstić information content (AvgIpc) is 3.31. The summed E-state index contributed by atoms with van der Waals surface area (Å²) in [6.45, 7) is 0. The first-order valence-electron chi connectivity index (χ1n) is 9.84. The van der Waals surface area contributed by atoms with E-state index in [0.717, 1.165) is 10.5 Å². The van der Waals surface area contributed by atoms with Gasteiger partial charge in [-0.05, 0) is 42.0 Å². The number of imide groups is 1. The summed E-state index contributed by atoms with van der Waals surface area (Å²) >= 11 is 6.05. The van der Waals surface area contributed by atoms with Gasteiger partial charge in [-0.2, -0.15) is 0 Å². The van der Waals surface area contributed by atoms with E-state index in [2.05, 4.69) is 0 Å². The predicted octanol–water partition coefficient (Wildman–Crippen LogP) is 4.30. The molecule has 3 aromatic rings. The van der Waals surface area contributed by atoms with Crippen LogP contribution < -0.4 is 9.96 Å². The number of benzene rings is 3. The number of fused-ring (bicyclic) bond motifs is 1. The first kappa shape index (κ1) is 20.2. The lowest BCUT2D eigenvalue weighted by atomic mass is 9.90. The lowest BCUT2D eigenvalue weighted by Gasteiger charge is -2.28. The molecule has 9 heteroatoms. The molecule has 2 amide bonds. The number of carbonyl (C=O) groups is 2. The van der Waals surface area contributed by atoms with Crippen LogP contribution in [0.4, 0.5) is 17.1 Å². The van der Waals surface area contributed by atoms with Crippen LogP contribution in [0.2, 0.25) is 5.02 Å². The molecule has 2 fully saturated rings. The number of halogens is 1. The molecule has 0 unspecified atom stereocenters. The molecule has 5 rings (SSSR count). The third-order valence-corrected chi connectivity index (χ3v) is 5.91. The highest BCUT2D eigenvalue weighted by molar-refractivity contribution is 6.30.